The molecule has 21 heavy (non-hydrogen) atoms. The Kier molecular flexibility index (Phi) is 4.97. The van der Waals surface area contributed by atoms with E-state index >= 15 is 0 Å². The Morgan fingerprint density at radius 1 is 1.57 bits per heavy atom. The fourth-order valence-electron chi connectivity index (χ4n) is 1.80. The number of nitrogens with zero attached hydrogens (tertiary/aromatic N) is 4. The van der Waals surface area contributed by atoms with Gasteiger partial charge in [-0.25, -0.2) is 9.07 Å². The van der Waals surface area contributed by atoms with E-state index in [9.17, 15) is 9.18 Å². The summed E-state index contributed by atoms with van der Waals surface area (Å²) in [6.45, 7) is 0.108. The van der Waals surface area contributed by atoms with Gasteiger partial charge >= 0.3 is 5.97 Å². The van der Waals surface area contributed by atoms with E-state index in [1.165, 1.54) is 17.9 Å². The first-order valence-electron chi connectivity index (χ1n) is 5.97. The third kappa shape index (κ3) is 3.82. The lowest BCUT2D eigenvalue weighted by Crippen LogP contribution is -2.23. The van der Waals surface area contributed by atoms with Gasteiger partial charge in [0.1, 0.15) is 5.82 Å². The van der Waals surface area contributed by atoms with Gasteiger partial charge in [0.2, 0.25) is 0 Å². The van der Waals surface area contributed by atoms with Gasteiger partial charge < -0.3 is 9.84 Å². The summed E-state index contributed by atoms with van der Waals surface area (Å²) in [5.41, 5.74) is 0.222. The summed E-state index contributed by atoms with van der Waals surface area (Å²) >= 11 is 3.26. The van der Waals surface area contributed by atoms with Crippen LogP contribution < -0.4 is 0 Å². The summed E-state index contributed by atoms with van der Waals surface area (Å²) in [5, 5.41) is 19.9. The summed E-state index contributed by atoms with van der Waals surface area (Å²) in [6, 6.07) is 4.41. The zero-order valence-electron chi connectivity index (χ0n) is 11.0. The minimum absolute atomic E-state index is 0.108. The number of hydrogen-bond acceptors (Lipinski definition) is 5. The molecule has 9 heteroatoms. The van der Waals surface area contributed by atoms with E-state index in [1.54, 1.807) is 12.1 Å². The average molecular weight is 359 g/mol. The highest BCUT2D eigenvalue weighted by Crippen LogP contribution is 2.24. The van der Waals surface area contributed by atoms with Crippen LogP contribution in [0.1, 0.15) is 6.42 Å². The maximum atomic E-state index is 13.9. The normalized spacial score (nSPS) is 12.3. The minimum Gasteiger partial charge on any atom is -0.481 e. The highest BCUT2D eigenvalue weighted by molar-refractivity contribution is 9.10. The molecule has 1 unspecified atom stereocenters. The Labute approximate surface area is 127 Å². The van der Waals surface area contributed by atoms with Crippen molar-refractivity contribution >= 4 is 21.9 Å². The van der Waals surface area contributed by atoms with Gasteiger partial charge in [-0.2, -0.15) is 0 Å². The van der Waals surface area contributed by atoms with Crippen LogP contribution in [0.4, 0.5) is 4.39 Å². The second-order valence-electron chi connectivity index (χ2n) is 4.26. The molecule has 112 valence electrons. The molecular formula is C12H12BrFN4O3. The van der Waals surface area contributed by atoms with Gasteiger partial charge in [-0.15, -0.1) is 5.10 Å². The molecule has 0 spiro atoms. The van der Waals surface area contributed by atoms with E-state index in [0.717, 1.165) is 0 Å². The standard InChI is InChI=1S/C12H12BrFN4O3/c1-21-8(5-11(19)20)6-18-12(15-16-17-18)9-4-7(13)2-3-10(9)14/h2-4,8H,5-6H2,1H3,(H,19,20). The third-order valence-electron chi connectivity index (χ3n) is 2.81. The Morgan fingerprint density at radius 3 is 3.00 bits per heavy atom. The second kappa shape index (κ2) is 6.72. The molecule has 2 aromatic rings. The van der Waals surface area contributed by atoms with E-state index in [-0.39, 0.29) is 24.4 Å². The van der Waals surface area contributed by atoms with Crippen molar-refractivity contribution in [2.24, 2.45) is 0 Å². The van der Waals surface area contributed by atoms with E-state index < -0.39 is 17.9 Å². The van der Waals surface area contributed by atoms with E-state index in [1.807, 2.05) is 0 Å². The predicted octanol–water partition coefficient (Wildman–Crippen LogP) is 1.73. The molecule has 1 N–H and O–H groups in total. The molecule has 7 nitrogen and oxygen atoms in total. The van der Waals surface area contributed by atoms with Crippen molar-refractivity contribution in [3.63, 3.8) is 0 Å². The van der Waals surface area contributed by atoms with Crippen LogP contribution in [-0.4, -0.2) is 44.5 Å². The number of benzene rings is 1. The van der Waals surface area contributed by atoms with Crippen molar-refractivity contribution in [1.29, 1.82) is 0 Å². The summed E-state index contributed by atoms with van der Waals surface area (Å²) < 4.78 is 21.0. The van der Waals surface area contributed by atoms with Crippen molar-refractivity contribution in [2.75, 3.05) is 7.11 Å². The molecule has 0 bridgehead atoms. The first-order valence-corrected chi connectivity index (χ1v) is 6.76. The number of hydrogen-bond donors (Lipinski definition) is 1. The summed E-state index contributed by atoms with van der Waals surface area (Å²) in [6.07, 6.45) is -0.809. The fraction of sp³-hybridized carbons (Fsp3) is 0.333. The fourth-order valence-corrected chi connectivity index (χ4v) is 2.16. The van der Waals surface area contributed by atoms with Crippen molar-refractivity contribution in [3.8, 4) is 11.4 Å². The Balaban J connectivity index is 2.30. The number of aliphatic carboxylic acids is 1. The molecule has 0 saturated heterocycles. The molecule has 2 rings (SSSR count). The molecule has 0 saturated carbocycles. The largest absolute Gasteiger partial charge is 0.481 e. The van der Waals surface area contributed by atoms with Crippen molar-refractivity contribution in [3.05, 3.63) is 28.5 Å². The number of aromatic nitrogens is 4. The van der Waals surface area contributed by atoms with E-state index in [2.05, 4.69) is 31.5 Å². The number of halogens is 2. The van der Waals surface area contributed by atoms with Crippen molar-refractivity contribution < 1.29 is 19.0 Å². The summed E-state index contributed by atoms with van der Waals surface area (Å²) in [7, 11) is 1.40. The lowest BCUT2D eigenvalue weighted by Gasteiger charge is -2.13. The number of rotatable bonds is 6. The Bertz CT molecular complexity index is 649. The number of tetrazole rings is 1. The van der Waals surface area contributed by atoms with Crippen LogP contribution in [0.25, 0.3) is 11.4 Å². The smallest absolute Gasteiger partial charge is 0.306 e. The van der Waals surface area contributed by atoms with Crippen LogP contribution in [0, 0.1) is 5.82 Å². The molecule has 0 aliphatic rings. The lowest BCUT2D eigenvalue weighted by molar-refractivity contribution is -0.140. The van der Waals surface area contributed by atoms with Crippen molar-refractivity contribution in [2.45, 2.75) is 19.1 Å². The SMILES string of the molecule is COC(CC(=O)O)Cn1nnnc1-c1cc(Br)ccc1F. The Morgan fingerprint density at radius 2 is 2.33 bits per heavy atom. The van der Waals surface area contributed by atoms with Crippen LogP contribution >= 0.6 is 15.9 Å². The third-order valence-corrected chi connectivity index (χ3v) is 3.31. The van der Waals surface area contributed by atoms with Crippen LogP contribution in [0.3, 0.4) is 0 Å². The van der Waals surface area contributed by atoms with E-state index in [4.69, 9.17) is 9.84 Å². The molecule has 0 fully saturated rings. The van der Waals surface area contributed by atoms with Crippen molar-refractivity contribution in [1.82, 2.24) is 20.2 Å². The first kappa shape index (κ1) is 15.5. The number of carbonyl (C=O) groups is 1. The Hall–Kier alpha value is -1.87. The van der Waals surface area contributed by atoms with Crippen LogP contribution in [-0.2, 0) is 16.1 Å². The van der Waals surface area contributed by atoms with Gasteiger partial charge in [-0.1, -0.05) is 15.9 Å². The number of ether oxygens (including phenoxy) is 1. The van der Waals surface area contributed by atoms with Crippen LogP contribution in [0.15, 0.2) is 22.7 Å². The zero-order valence-corrected chi connectivity index (χ0v) is 12.6. The van der Waals surface area contributed by atoms with Gasteiger partial charge in [0.25, 0.3) is 0 Å². The van der Waals surface area contributed by atoms with Gasteiger partial charge in [-0.3, -0.25) is 4.79 Å². The highest BCUT2D eigenvalue weighted by Gasteiger charge is 2.19. The molecule has 0 radical (unpaired) electrons. The van der Waals surface area contributed by atoms with Crippen LogP contribution in [0.2, 0.25) is 0 Å². The molecule has 1 aromatic heterocycles. The first-order chi connectivity index (χ1) is 10.0. The number of carboxylic acids is 1. The number of carboxylic acid groups (broad SMARTS) is 1. The number of methoxy groups -OCH3 is 1. The quantitative estimate of drug-likeness (QED) is 0.845. The molecule has 1 heterocycles. The summed E-state index contributed by atoms with van der Waals surface area (Å²) in [5.74, 6) is -1.26. The van der Waals surface area contributed by atoms with Gasteiger partial charge in [0.15, 0.2) is 5.82 Å². The molecule has 0 amide bonds. The van der Waals surface area contributed by atoms with Gasteiger partial charge in [0, 0.05) is 11.6 Å². The average Bonchev–Trinajstić information content (AvgIpc) is 2.88. The predicted molar refractivity (Wildman–Crippen MR) is 74.0 cm³/mol. The minimum atomic E-state index is -0.995. The van der Waals surface area contributed by atoms with Crippen LogP contribution in [0.5, 0.6) is 0 Å². The maximum absolute atomic E-state index is 13.9. The molecule has 0 aliphatic heterocycles. The summed E-state index contributed by atoms with van der Waals surface area (Å²) in [4.78, 5) is 10.7. The highest BCUT2D eigenvalue weighted by atomic mass is 79.9. The zero-order chi connectivity index (χ0) is 15.4. The second-order valence-corrected chi connectivity index (χ2v) is 5.18. The molecular weight excluding hydrogens is 347 g/mol. The molecule has 0 aliphatic carbocycles. The monoisotopic (exact) mass is 358 g/mol. The lowest BCUT2D eigenvalue weighted by atomic mass is 10.2. The van der Waals surface area contributed by atoms with E-state index in [0.29, 0.717) is 4.47 Å². The molecule has 1 aromatic carbocycles. The topological polar surface area (TPSA) is 90.1 Å². The van der Waals surface area contributed by atoms with Gasteiger partial charge in [-0.05, 0) is 28.6 Å². The van der Waals surface area contributed by atoms with Gasteiger partial charge in [0.05, 0.1) is 24.6 Å². The maximum Gasteiger partial charge on any atom is 0.306 e. The molecule has 1 atom stereocenters.